The van der Waals surface area contributed by atoms with Gasteiger partial charge in [-0.05, 0) is 32.5 Å². The molecule has 1 saturated heterocycles. The molecule has 1 fully saturated rings. The van der Waals surface area contributed by atoms with Crippen molar-refractivity contribution in [2.24, 2.45) is 5.73 Å². The van der Waals surface area contributed by atoms with E-state index < -0.39 is 0 Å². The summed E-state index contributed by atoms with van der Waals surface area (Å²) in [5.74, 6) is 0. The van der Waals surface area contributed by atoms with Crippen molar-refractivity contribution in [3.05, 3.63) is 29.3 Å². The zero-order chi connectivity index (χ0) is 13.1. The highest BCUT2D eigenvalue weighted by molar-refractivity contribution is 6.33. The summed E-state index contributed by atoms with van der Waals surface area (Å²) >= 11 is 6.29. The van der Waals surface area contributed by atoms with Crippen molar-refractivity contribution in [2.45, 2.75) is 25.4 Å². The summed E-state index contributed by atoms with van der Waals surface area (Å²) < 4.78 is 0. The summed E-state index contributed by atoms with van der Waals surface area (Å²) in [6.45, 7) is 4.92. The number of halogens is 1. The Morgan fingerprint density at radius 1 is 1.39 bits per heavy atom. The molecule has 0 aromatic heterocycles. The molecule has 0 amide bonds. The van der Waals surface area contributed by atoms with E-state index in [0.29, 0.717) is 18.6 Å². The largest absolute Gasteiger partial charge is 0.369 e. The van der Waals surface area contributed by atoms with Gasteiger partial charge in [-0.25, -0.2) is 0 Å². The standard InChI is InChI=1S/C14H22ClN3/c1-11-7-8-18(10-12(9-16)17(11)2)14-6-4-3-5-13(14)15/h3-6,11-12H,7-10,16H2,1-2H3. The monoisotopic (exact) mass is 267 g/mol. The maximum absolute atomic E-state index is 6.29. The Morgan fingerprint density at radius 3 is 2.78 bits per heavy atom. The number of hydrogen-bond acceptors (Lipinski definition) is 3. The van der Waals surface area contributed by atoms with E-state index in [1.807, 2.05) is 18.2 Å². The number of likely N-dealkylation sites (N-methyl/N-ethyl adjacent to an activating group) is 1. The smallest absolute Gasteiger partial charge is 0.0639 e. The van der Waals surface area contributed by atoms with Crippen molar-refractivity contribution in [3.8, 4) is 0 Å². The Hall–Kier alpha value is -0.770. The van der Waals surface area contributed by atoms with Crippen LogP contribution in [-0.2, 0) is 0 Å². The molecule has 2 N–H and O–H groups in total. The van der Waals surface area contributed by atoms with E-state index >= 15 is 0 Å². The van der Waals surface area contributed by atoms with Gasteiger partial charge in [0.15, 0.2) is 0 Å². The second-order valence-electron chi connectivity index (χ2n) is 5.09. The first-order valence-electron chi connectivity index (χ1n) is 6.55. The van der Waals surface area contributed by atoms with Crippen molar-refractivity contribution in [2.75, 3.05) is 31.6 Å². The third-order valence-corrected chi connectivity index (χ3v) is 4.30. The first-order chi connectivity index (χ1) is 8.63. The number of anilines is 1. The minimum absolute atomic E-state index is 0.388. The molecular formula is C14H22ClN3. The Balaban J connectivity index is 2.22. The van der Waals surface area contributed by atoms with E-state index in [0.717, 1.165) is 30.2 Å². The maximum Gasteiger partial charge on any atom is 0.0639 e. The number of rotatable bonds is 2. The molecule has 1 aromatic carbocycles. The summed E-state index contributed by atoms with van der Waals surface area (Å²) in [5.41, 5.74) is 7.03. The van der Waals surface area contributed by atoms with Gasteiger partial charge in [0, 0.05) is 31.7 Å². The normalized spacial score (nSPS) is 26.1. The summed E-state index contributed by atoms with van der Waals surface area (Å²) in [5, 5.41) is 0.825. The second-order valence-corrected chi connectivity index (χ2v) is 5.50. The Labute approximate surface area is 115 Å². The van der Waals surface area contributed by atoms with Crippen molar-refractivity contribution in [3.63, 3.8) is 0 Å². The van der Waals surface area contributed by atoms with Crippen LogP contribution in [0.4, 0.5) is 5.69 Å². The highest BCUT2D eigenvalue weighted by Gasteiger charge is 2.26. The van der Waals surface area contributed by atoms with Crippen molar-refractivity contribution in [1.82, 2.24) is 4.90 Å². The lowest BCUT2D eigenvalue weighted by Crippen LogP contribution is -2.46. The van der Waals surface area contributed by atoms with E-state index in [4.69, 9.17) is 17.3 Å². The number of benzene rings is 1. The molecule has 2 rings (SSSR count). The molecule has 0 spiro atoms. The van der Waals surface area contributed by atoms with Gasteiger partial charge in [0.1, 0.15) is 0 Å². The molecule has 1 aromatic rings. The Morgan fingerprint density at radius 2 is 2.11 bits per heavy atom. The molecule has 0 radical (unpaired) electrons. The number of hydrogen-bond donors (Lipinski definition) is 1. The predicted molar refractivity (Wildman–Crippen MR) is 78.3 cm³/mol. The minimum Gasteiger partial charge on any atom is -0.369 e. The number of para-hydroxylation sites is 1. The first-order valence-corrected chi connectivity index (χ1v) is 6.92. The van der Waals surface area contributed by atoms with Gasteiger partial charge in [-0.15, -0.1) is 0 Å². The van der Waals surface area contributed by atoms with Crippen LogP contribution in [0, 0.1) is 0 Å². The summed E-state index contributed by atoms with van der Waals surface area (Å²) in [7, 11) is 2.16. The van der Waals surface area contributed by atoms with E-state index in [2.05, 4.69) is 29.8 Å². The van der Waals surface area contributed by atoms with Crippen molar-refractivity contribution < 1.29 is 0 Å². The van der Waals surface area contributed by atoms with E-state index in [1.54, 1.807) is 0 Å². The topological polar surface area (TPSA) is 32.5 Å². The van der Waals surface area contributed by atoms with Crippen LogP contribution in [-0.4, -0.2) is 43.7 Å². The molecule has 100 valence electrons. The van der Waals surface area contributed by atoms with Gasteiger partial charge in [-0.2, -0.15) is 0 Å². The van der Waals surface area contributed by atoms with E-state index in [-0.39, 0.29) is 0 Å². The lowest BCUT2D eigenvalue weighted by molar-refractivity contribution is 0.201. The second kappa shape index (κ2) is 5.91. The molecule has 3 nitrogen and oxygen atoms in total. The summed E-state index contributed by atoms with van der Waals surface area (Å²) in [6, 6.07) is 9.00. The van der Waals surface area contributed by atoms with Crippen LogP contribution in [0.25, 0.3) is 0 Å². The molecule has 4 heteroatoms. The average molecular weight is 268 g/mol. The lowest BCUT2D eigenvalue weighted by atomic mass is 10.2. The van der Waals surface area contributed by atoms with E-state index in [9.17, 15) is 0 Å². The van der Waals surface area contributed by atoms with Crippen LogP contribution in [0.2, 0.25) is 5.02 Å². The predicted octanol–water partition coefficient (Wildman–Crippen LogP) is 2.20. The van der Waals surface area contributed by atoms with Crippen molar-refractivity contribution >= 4 is 17.3 Å². The van der Waals surface area contributed by atoms with Gasteiger partial charge >= 0.3 is 0 Å². The zero-order valence-corrected chi connectivity index (χ0v) is 11.9. The van der Waals surface area contributed by atoms with Gasteiger partial charge in [0.2, 0.25) is 0 Å². The maximum atomic E-state index is 6.29. The summed E-state index contributed by atoms with van der Waals surface area (Å²) in [6.07, 6.45) is 1.14. The van der Waals surface area contributed by atoms with E-state index in [1.165, 1.54) is 0 Å². The molecule has 1 heterocycles. The Bertz CT molecular complexity index is 396. The van der Waals surface area contributed by atoms with Crippen LogP contribution in [0.15, 0.2) is 24.3 Å². The minimum atomic E-state index is 0.388. The molecule has 1 aliphatic rings. The number of nitrogens with two attached hydrogens (primary N) is 1. The zero-order valence-electron chi connectivity index (χ0n) is 11.1. The number of nitrogens with zero attached hydrogens (tertiary/aromatic N) is 2. The van der Waals surface area contributed by atoms with Gasteiger partial charge in [0.25, 0.3) is 0 Å². The van der Waals surface area contributed by atoms with Gasteiger partial charge < -0.3 is 10.6 Å². The third-order valence-electron chi connectivity index (χ3n) is 3.98. The molecule has 1 aliphatic heterocycles. The quantitative estimate of drug-likeness (QED) is 0.892. The lowest BCUT2D eigenvalue weighted by Gasteiger charge is -2.31. The Kier molecular flexibility index (Phi) is 4.49. The third kappa shape index (κ3) is 2.79. The fraction of sp³-hybridized carbons (Fsp3) is 0.571. The molecule has 2 unspecified atom stereocenters. The average Bonchev–Trinajstić information content (AvgIpc) is 2.52. The molecule has 0 bridgehead atoms. The summed E-state index contributed by atoms with van der Waals surface area (Å²) in [4.78, 5) is 4.75. The highest BCUT2D eigenvalue weighted by Crippen LogP contribution is 2.27. The van der Waals surface area contributed by atoms with Gasteiger partial charge in [0.05, 0.1) is 10.7 Å². The van der Waals surface area contributed by atoms with Crippen molar-refractivity contribution in [1.29, 1.82) is 0 Å². The van der Waals surface area contributed by atoms with Crippen LogP contribution < -0.4 is 10.6 Å². The molecule has 0 aliphatic carbocycles. The van der Waals surface area contributed by atoms with Gasteiger partial charge in [-0.3, -0.25) is 4.90 Å². The molecule has 18 heavy (non-hydrogen) atoms. The van der Waals surface area contributed by atoms with Gasteiger partial charge in [-0.1, -0.05) is 23.7 Å². The fourth-order valence-corrected chi connectivity index (χ4v) is 2.80. The van der Waals surface area contributed by atoms with Crippen LogP contribution in [0.3, 0.4) is 0 Å². The first kappa shape index (κ1) is 13.7. The highest BCUT2D eigenvalue weighted by atomic mass is 35.5. The molecule has 0 saturated carbocycles. The SMILES string of the molecule is CC1CCN(c2ccccc2Cl)CC(CN)N1C. The molecule has 2 atom stereocenters. The van der Waals surface area contributed by atoms with Crippen LogP contribution in [0.5, 0.6) is 0 Å². The van der Waals surface area contributed by atoms with Crippen LogP contribution in [0.1, 0.15) is 13.3 Å². The van der Waals surface area contributed by atoms with Crippen LogP contribution >= 0.6 is 11.6 Å². The molecular weight excluding hydrogens is 246 g/mol. The fourth-order valence-electron chi connectivity index (χ4n) is 2.55.